The molecular formula is C7H8S6. The molecule has 0 bridgehead atoms. The SMILES string of the molecule is C=S1(S)(S)C=CSC1=C1SC=CS1. The van der Waals surface area contributed by atoms with E-state index in [9.17, 15) is 0 Å². The maximum Gasteiger partial charge on any atom is 0.0689 e. The summed E-state index contributed by atoms with van der Waals surface area (Å²) >= 11 is 14.4. The predicted octanol–water partition coefficient (Wildman–Crippen LogP) is 4.74. The highest BCUT2D eigenvalue weighted by atomic mass is 33.5. The lowest BCUT2D eigenvalue weighted by atomic mass is 11.2. The van der Waals surface area contributed by atoms with Crippen LogP contribution in [0.2, 0.25) is 0 Å². The highest BCUT2D eigenvalue weighted by Gasteiger charge is 2.31. The Morgan fingerprint density at radius 3 is 2.15 bits per heavy atom. The van der Waals surface area contributed by atoms with E-state index in [0.29, 0.717) is 0 Å². The first kappa shape index (κ1) is 10.7. The fourth-order valence-corrected chi connectivity index (χ4v) is 10.3. The number of hydrogen-bond donors (Lipinski definition) is 2. The first-order valence-electron chi connectivity index (χ1n) is 3.33. The van der Waals surface area contributed by atoms with E-state index < -0.39 is 6.81 Å². The quantitative estimate of drug-likeness (QED) is 0.375. The van der Waals surface area contributed by atoms with Gasteiger partial charge in [0.25, 0.3) is 0 Å². The van der Waals surface area contributed by atoms with E-state index in [-0.39, 0.29) is 0 Å². The van der Waals surface area contributed by atoms with E-state index in [1.54, 1.807) is 35.3 Å². The molecule has 0 nitrogen and oxygen atoms in total. The van der Waals surface area contributed by atoms with Gasteiger partial charge in [0.1, 0.15) is 0 Å². The molecule has 13 heavy (non-hydrogen) atoms. The maximum absolute atomic E-state index is 4.62. The van der Waals surface area contributed by atoms with E-state index >= 15 is 0 Å². The summed E-state index contributed by atoms with van der Waals surface area (Å²) in [6, 6.07) is 0. The largest absolute Gasteiger partial charge is 0.123 e. The van der Waals surface area contributed by atoms with Crippen LogP contribution in [0.4, 0.5) is 0 Å². The van der Waals surface area contributed by atoms with Gasteiger partial charge in [-0.2, -0.15) is 0 Å². The zero-order valence-corrected chi connectivity index (χ0v) is 11.6. The molecule has 6 heteroatoms. The topological polar surface area (TPSA) is 0 Å². The summed E-state index contributed by atoms with van der Waals surface area (Å²) in [6.07, 6.45) is 0. The number of hydrogen-bond acceptors (Lipinski definition) is 5. The van der Waals surface area contributed by atoms with Gasteiger partial charge in [-0.25, -0.2) is 0 Å². The summed E-state index contributed by atoms with van der Waals surface area (Å²) in [4.78, 5) is 0. The molecule has 0 saturated heterocycles. The van der Waals surface area contributed by atoms with Gasteiger partial charge < -0.3 is 0 Å². The molecule has 0 fully saturated rings. The lowest BCUT2D eigenvalue weighted by molar-refractivity contribution is 2.36. The van der Waals surface area contributed by atoms with Crippen LogP contribution in [0.15, 0.2) is 30.1 Å². The van der Waals surface area contributed by atoms with Gasteiger partial charge in [0.15, 0.2) is 0 Å². The Bertz CT molecular complexity index is 383. The maximum atomic E-state index is 4.62. The molecule has 2 heterocycles. The van der Waals surface area contributed by atoms with E-state index in [2.05, 4.69) is 40.0 Å². The second-order valence-electron chi connectivity index (χ2n) is 2.63. The van der Waals surface area contributed by atoms with E-state index in [1.165, 1.54) is 8.47 Å². The van der Waals surface area contributed by atoms with Gasteiger partial charge in [-0.1, -0.05) is 41.2 Å². The molecule has 0 amide bonds. The van der Waals surface area contributed by atoms with Crippen LogP contribution in [0.5, 0.6) is 0 Å². The first-order valence-corrected chi connectivity index (χ1v) is 10.3. The minimum atomic E-state index is -2.23. The number of thiol groups is 2. The molecule has 2 rings (SSSR count). The van der Waals surface area contributed by atoms with Crippen LogP contribution in [-0.2, 0) is 0 Å². The van der Waals surface area contributed by atoms with Crippen molar-refractivity contribution < 1.29 is 0 Å². The van der Waals surface area contributed by atoms with Crippen LogP contribution in [-0.4, -0.2) is 5.87 Å². The van der Waals surface area contributed by atoms with Crippen molar-refractivity contribution in [1.82, 2.24) is 0 Å². The highest BCUT2D eigenvalue weighted by Crippen LogP contribution is 2.81. The Labute approximate surface area is 101 Å². The molecule has 0 aromatic heterocycles. The van der Waals surface area contributed by atoms with Crippen LogP contribution in [0.1, 0.15) is 0 Å². The van der Waals surface area contributed by atoms with E-state index in [0.717, 1.165) is 0 Å². The fourth-order valence-electron chi connectivity index (χ4n) is 0.906. The molecule has 2 aliphatic heterocycles. The molecule has 0 aromatic rings. The fraction of sp³-hybridized carbons (Fsp3) is 0. The summed E-state index contributed by atoms with van der Waals surface area (Å²) in [5, 5.41) is 8.22. The molecule has 2 aliphatic rings. The second kappa shape index (κ2) is 3.35. The smallest absolute Gasteiger partial charge is 0.0689 e. The third-order valence-corrected chi connectivity index (χ3v) is 10.7. The van der Waals surface area contributed by atoms with Gasteiger partial charge in [-0.05, 0) is 21.6 Å². The molecule has 0 spiro atoms. The van der Waals surface area contributed by atoms with Gasteiger partial charge in [0.2, 0.25) is 0 Å². The third-order valence-electron chi connectivity index (χ3n) is 1.49. The Kier molecular flexibility index (Phi) is 2.76. The zero-order chi connectivity index (χ0) is 9.55. The van der Waals surface area contributed by atoms with Gasteiger partial charge in [0.05, 0.1) is 8.47 Å². The summed E-state index contributed by atoms with van der Waals surface area (Å²) < 4.78 is 2.49. The van der Waals surface area contributed by atoms with Gasteiger partial charge in [0, 0.05) is 0 Å². The molecule has 0 atom stereocenters. The standard InChI is InChI=1S/C7H8S6/c1-13(8,9)5-4-12-7(13)6-10-2-3-11-6/h2-5,8-9H,1H2. The van der Waals surface area contributed by atoms with Crippen LogP contribution >= 0.6 is 65.4 Å². The molecule has 72 valence electrons. The normalized spacial score (nSPS) is 32.0. The Morgan fingerprint density at radius 2 is 1.69 bits per heavy atom. The van der Waals surface area contributed by atoms with Crippen molar-refractivity contribution in [1.29, 1.82) is 0 Å². The Morgan fingerprint density at radius 1 is 1.08 bits per heavy atom. The molecule has 0 N–H and O–H groups in total. The summed E-state index contributed by atoms with van der Waals surface area (Å²) in [7, 11) is 0. The summed E-state index contributed by atoms with van der Waals surface area (Å²) in [5.74, 6) is 4.14. The highest BCUT2D eigenvalue weighted by molar-refractivity contribution is 9.28. The van der Waals surface area contributed by atoms with Gasteiger partial charge in [-0.3, -0.25) is 0 Å². The zero-order valence-electron chi connectivity index (χ0n) is 6.54. The van der Waals surface area contributed by atoms with E-state index in [1.807, 2.05) is 10.8 Å². The molecule has 0 radical (unpaired) electrons. The van der Waals surface area contributed by atoms with Crippen molar-refractivity contribution in [2.24, 2.45) is 0 Å². The molecule has 0 aliphatic carbocycles. The minimum absolute atomic E-state index is 1.21. The number of thioether (sulfide) groups is 3. The molecule has 0 unspecified atom stereocenters. The predicted molar refractivity (Wildman–Crippen MR) is 80.8 cm³/mol. The molecule has 0 aromatic carbocycles. The van der Waals surface area contributed by atoms with Crippen molar-refractivity contribution in [3.05, 3.63) is 30.1 Å². The average molecular weight is 285 g/mol. The van der Waals surface area contributed by atoms with Crippen molar-refractivity contribution in [2.45, 2.75) is 0 Å². The number of rotatable bonds is 0. The van der Waals surface area contributed by atoms with Crippen molar-refractivity contribution in [3.8, 4) is 0 Å². The first-order chi connectivity index (χ1) is 5.97. The van der Waals surface area contributed by atoms with Crippen LogP contribution in [0.3, 0.4) is 0 Å². The van der Waals surface area contributed by atoms with Crippen molar-refractivity contribution >= 4 is 71.3 Å². The summed E-state index contributed by atoms with van der Waals surface area (Å²) in [6.45, 7) is -2.23. The van der Waals surface area contributed by atoms with Crippen molar-refractivity contribution in [3.63, 3.8) is 0 Å². The van der Waals surface area contributed by atoms with Crippen molar-refractivity contribution in [2.75, 3.05) is 0 Å². The van der Waals surface area contributed by atoms with Crippen LogP contribution < -0.4 is 0 Å². The minimum Gasteiger partial charge on any atom is -0.123 e. The van der Waals surface area contributed by atoms with Gasteiger partial charge >= 0.3 is 0 Å². The van der Waals surface area contributed by atoms with Crippen LogP contribution in [0.25, 0.3) is 0 Å². The monoisotopic (exact) mass is 284 g/mol. The Balaban J connectivity index is 2.49. The van der Waals surface area contributed by atoms with E-state index in [4.69, 9.17) is 0 Å². The lowest BCUT2D eigenvalue weighted by Gasteiger charge is -2.32. The van der Waals surface area contributed by atoms with Crippen LogP contribution in [0, 0.1) is 0 Å². The second-order valence-corrected chi connectivity index (χ2v) is 14.8. The summed E-state index contributed by atoms with van der Waals surface area (Å²) in [5.41, 5.74) is 0. The third kappa shape index (κ3) is 2.08. The average Bonchev–Trinajstić information content (AvgIpc) is 2.54. The lowest BCUT2D eigenvalue weighted by Crippen LogP contribution is -1.85. The molecular weight excluding hydrogens is 276 g/mol. The van der Waals surface area contributed by atoms with Gasteiger partial charge in [-0.15, -0.1) is 30.1 Å². The molecule has 0 saturated carbocycles. The Hall–Kier alpha value is 1.19.